The maximum Gasteiger partial charge on any atom is 0.228 e. The molecule has 0 amide bonds. The summed E-state index contributed by atoms with van der Waals surface area (Å²) in [6.45, 7) is 3.86. The Labute approximate surface area is 152 Å². The maximum atomic E-state index is 4.70. The van der Waals surface area contributed by atoms with Crippen LogP contribution >= 0.6 is 0 Å². The molecule has 0 bridgehead atoms. The highest BCUT2D eigenvalue weighted by atomic mass is 15.3. The van der Waals surface area contributed by atoms with Gasteiger partial charge >= 0.3 is 0 Å². The fourth-order valence-corrected chi connectivity index (χ4v) is 3.44. The van der Waals surface area contributed by atoms with Crippen molar-refractivity contribution in [3.63, 3.8) is 0 Å². The topological polar surface area (TPSA) is 84.7 Å². The van der Waals surface area contributed by atoms with Crippen LogP contribution in [0.25, 0.3) is 0 Å². The Bertz CT molecular complexity index is 876. The average Bonchev–Trinajstić information content (AvgIpc) is 3.24. The molecular weight excluding hydrogens is 328 g/mol. The van der Waals surface area contributed by atoms with E-state index in [1.807, 2.05) is 30.9 Å². The molecule has 3 aromatic rings. The first-order valence-corrected chi connectivity index (χ1v) is 8.78. The molecule has 0 aliphatic carbocycles. The van der Waals surface area contributed by atoms with Crippen molar-refractivity contribution in [3.05, 3.63) is 54.0 Å². The molecule has 4 heterocycles. The van der Waals surface area contributed by atoms with Crippen molar-refractivity contribution < 1.29 is 0 Å². The molecule has 1 N–H and O–H groups in total. The van der Waals surface area contributed by atoms with Gasteiger partial charge in [-0.1, -0.05) is 0 Å². The number of aryl methyl sites for hydroxylation is 2. The molecule has 134 valence electrons. The minimum Gasteiger partial charge on any atom is -0.309 e. The van der Waals surface area contributed by atoms with E-state index in [0.29, 0.717) is 5.95 Å². The van der Waals surface area contributed by atoms with Crippen molar-refractivity contribution in [1.29, 1.82) is 0 Å². The lowest BCUT2D eigenvalue weighted by Gasteiger charge is -2.24. The third-order valence-electron chi connectivity index (χ3n) is 4.51. The van der Waals surface area contributed by atoms with E-state index in [1.54, 1.807) is 18.5 Å². The van der Waals surface area contributed by atoms with E-state index in [4.69, 9.17) is 4.98 Å². The van der Waals surface area contributed by atoms with Gasteiger partial charge in [-0.2, -0.15) is 5.10 Å². The largest absolute Gasteiger partial charge is 0.309 e. The minimum atomic E-state index is 0.286. The molecule has 0 radical (unpaired) electrons. The number of anilines is 2. The number of nitrogens with zero attached hydrogens (tertiary/aromatic N) is 7. The van der Waals surface area contributed by atoms with E-state index in [1.165, 1.54) is 12.0 Å². The first-order chi connectivity index (χ1) is 12.7. The molecule has 1 saturated heterocycles. The number of aromatic nitrogens is 6. The van der Waals surface area contributed by atoms with Gasteiger partial charge in [-0.3, -0.25) is 9.58 Å². The zero-order valence-electron chi connectivity index (χ0n) is 15.0. The molecule has 0 saturated carbocycles. The Morgan fingerprint density at radius 1 is 1.23 bits per heavy atom. The van der Waals surface area contributed by atoms with Gasteiger partial charge in [0.05, 0.1) is 17.9 Å². The van der Waals surface area contributed by atoms with Gasteiger partial charge in [0.25, 0.3) is 0 Å². The second-order valence-corrected chi connectivity index (χ2v) is 6.57. The van der Waals surface area contributed by atoms with E-state index < -0.39 is 0 Å². The molecule has 8 heteroatoms. The van der Waals surface area contributed by atoms with Crippen molar-refractivity contribution in [3.8, 4) is 0 Å². The number of nitrogens with one attached hydrogen (secondary N) is 1. The summed E-state index contributed by atoms with van der Waals surface area (Å²) in [4.78, 5) is 20.0. The molecule has 1 aliphatic rings. The lowest BCUT2D eigenvalue weighted by molar-refractivity contribution is 0.244. The van der Waals surface area contributed by atoms with Crippen LogP contribution in [0.1, 0.15) is 36.0 Å². The predicted molar refractivity (Wildman–Crippen MR) is 97.7 cm³/mol. The van der Waals surface area contributed by atoms with E-state index in [2.05, 4.69) is 36.5 Å². The van der Waals surface area contributed by atoms with Crippen LogP contribution in [-0.4, -0.2) is 41.2 Å². The van der Waals surface area contributed by atoms with Crippen LogP contribution in [0, 0.1) is 6.92 Å². The molecule has 1 aliphatic heterocycles. The average molecular weight is 350 g/mol. The molecule has 0 spiro atoms. The Balaban J connectivity index is 1.55. The van der Waals surface area contributed by atoms with Gasteiger partial charge < -0.3 is 5.32 Å². The van der Waals surface area contributed by atoms with Crippen LogP contribution in [0.4, 0.5) is 11.8 Å². The fourth-order valence-electron chi connectivity index (χ4n) is 3.44. The van der Waals surface area contributed by atoms with Crippen molar-refractivity contribution in [1.82, 2.24) is 34.6 Å². The molecule has 8 nitrogen and oxygen atoms in total. The van der Waals surface area contributed by atoms with Crippen LogP contribution in [0.2, 0.25) is 0 Å². The van der Waals surface area contributed by atoms with Crippen LogP contribution in [-0.2, 0) is 13.6 Å². The van der Waals surface area contributed by atoms with Gasteiger partial charge in [0, 0.05) is 43.8 Å². The molecule has 1 fully saturated rings. The highest BCUT2D eigenvalue weighted by molar-refractivity contribution is 5.48. The smallest absolute Gasteiger partial charge is 0.228 e. The van der Waals surface area contributed by atoms with E-state index in [-0.39, 0.29) is 6.04 Å². The van der Waals surface area contributed by atoms with Gasteiger partial charge in [0.15, 0.2) is 0 Å². The van der Waals surface area contributed by atoms with Crippen molar-refractivity contribution in [2.45, 2.75) is 32.4 Å². The van der Waals surface area contributed by atoms with E-state index in [9.17, 15) is 0 Å². The van der Waals surface area contributed by atoms with Crippen LogP contribution in [0.5, 0.6) is 0 Å². The quantitative estimate of drug-likeness (QED) is 0.756. The highest BCUT2D eigenvalue weighted by Crippen LogP contribution is 2.33. The summed E-state index contributed by atoms with van der Waals surface area (Å²) >= 11 is 0. The van der Waals surface area contributed by atoms with Crippen LogP contribution < -0.4 is 5.32 Å². The number of hydrogen-bond acceptors (Lipinski definition) is 7. The molecule has 1 unspecified atom stereocenters. The Hall–Kier alpha value is -2.87. The number of likely N-dealkylation sites (tertiary alicyclic amines) is 1. The summed E-state index contributed by atoms with van der Waals surface area (Å²) in [5, 5.41) is 7.44. The monoisotopic (exact) mass is 350 g/mol. The standard InChI is InChI=1S/C18H22N8/c1-13-22-15(9-17(23-13)24-18-19-6-4-7-20-18)16-5-3-8-26(16)12-14-10-21-25(2)11-14/h4,6-7,9-11,16H,3,5,8,12H2,1-2H3,(H,19,20,22,23,24). The first-order valence-electron chi connectivity index (χ1n) is 8.78. The van der Waals surface area contributed by atoms with E-state index in [0.717, 1.165) is 36.8 Å². The zero-order chi connectivity index (χ0) is 17.9. The van der Waals surface area contributed by atoms with Gasteiger partial charge in [-0.15, -0.1) is 0 Å². The summed E-state index contributed by atoms with van der Waals surface area (Å²) in [6, 6.07) is 4.08. The van der Waals surface area contributed by atoms with Gasteiger partial charge in [0.1, 0.15) is 11.6 Å². The second kappa shape index (κ2) is 7.17. The first kappa shape index (κ1) is 16.6. The van der Waals surface area contributed by atoms with Crippen LogP contribution in [0.15, 0.2) is 36.9 Å². The van der Waals surface area contributed by atoms with Gasteiger partial charge in [-0.25, -0.2) is 19.9 Å². The van der Waals surface area contributed by atoms with Gasteiger partial charge in [0.2, 0.25) is 5.95 Å². The number of hydrogen-bond donors (Lipinski definition) is 1. The summed E-state index contributed by atoms with van der Waals surface area (Å²) in [6.07, 6.45) is 9.67. The summed E-state index contributed by atoms with van der Waals surface area (Å²) in [7, 11) is 1.95. The highest BCUT2D eigenvalue weighted by Gasteiger charge is 2.28. The SMILES string of the molecule is Cc1nc(Nc2ncccn2)cc(C2CCCN2Cc2cnn(C)c2)n1. The Morgan fingerprint density at radius 3 is 2.85 bits per heavy atom. The van der Waals surface area contributed by atoms with Gasteiger partial charge in [-0.05, 0) is 32.4 Å². The Morgan fingerprint density at radius 2 is 2.08 bits per heavy atom. The lowest BCUT2D eigenvalue weighted by Crippen LogP contribution is -2.23. The molecule has 3 aromatic heterocycles. The summed E-state index contributed by atoms with van der Waals surface area (Å²) in [5.74, 6) is 2.01. The molecule has 1 atom stereocenters. The molecule has 0 aromatic carbocycles. The van der Waals surface area contributed by atoms with Crippen molar-refractivity contribution >= 4 is 11.8 Å². The second-order valence-electron chi connectivity index (χ2n) is 6.57. The number of rotatable bonds is 5. The zero-order valence-corrected chi connectivity index (χ0v) is 15.0. The van der Waals surface area contributed by atoms with E-state index >= 15 is 0 Å². The fraction of sp³-hybridized carbons (Fsp3) is 0.389. The van der Waals surface area contributed by atoms with Crippen molar-refractivity contribution in [2.24, 2.45) is 7.05 Å². The minimum absolute atomic E-state index is 0.286. The third kappa shape index (κ3) is 3.70. The molecular formula is C18H22N8. The molecule has 4 rings (SSSR count). The summed E-state index contributed by atoms with van der Waals surface area (Å²) in [5.41, 5.74) is 2.26. The molecule has 26 heavy (non-hydrogen) atoms. The summed E-state index contributed by atoms with van der Waals surface area (Å²) < 4.78 is 1.84. The lowest BCUT2D eigenvalue weighted by atomic mass is 10.1. The van der Waals surface area contributed by atoms with Crippen LogP contribution in [0.3, 0.4) is 0 Å². The third-order valence-corrected chi connectivity index (χ3v) is 4.51. The Kier molecular flexibility index (Phi) is 4.57. The normalized spacial score (nSPS) is 17.5. The predicted octanol–water partition coefficient (Wildman–Crippen LogP) is 2.39. The van der Waals surface area contributed by atoms with Crippen molar-refractivity contribution in [2.75, 3.05) is 11.9 Å². The maximum absolute atomic E-state index is 4.70.